The van der Waals surface area contributed by atoms with Crippen LogP contribution in [0.4, 0.5) is 16.2 Å². The van der Waals surface area contributed by atoms with Gasteiger partial charge in [-0.25, -0.2) is 4.79 Å². The number of amides is 3. The Kier molecular flexibility index (Phi) is 4.73. The van der Waals surface area contributed by atoms with Gasteiger partial charge in [-0.05, 0) is 30.3 Å². The average molecular weight is 305 g/mol. The molecule has 2 aromatic rings. The topological polar surface area (TPSA) is 83.1 Å². The van der Waals surface area contributed by atoms with Gasteiger partial charge < -0.3 is 16.0 Å². The van der Waals surface area contributed by atoms with E-state index in [0.717, 1.165) is 0 Å². The number of nitrogens with zero attached hydrogens (tertiary/aromatic N) is 1. The highest BCUT2D eigenvalue weighted by Crippen LogP contribution is 2.17. The number of benzene rings is 1. The van der Waals surface area contributed by atoms with Crippen molar-refractivity contribution in [3.8, 4) is 0 Å². The van der Waals surface area contributed by atoms with Crippen LogP contribution < -0.4 is 16.0 Å². The van der Waals surface area contributed by atoms with Crippen LogP contribution in [-0.2, 0) is 0 Å². The average Bonchev–Trinajstić information content (AvgIpc) is 2.49. The van der Waals surface area contributed by atoms with E-state index in [0.29, 0.717) is 22.0 Å². The first-order valence-corrected chi connectivity index (χ1v) is 6.47. The number of aromatic nitrogens is 1. The van der Waals surface area contributed by atoms with Crippen LogP contribution in [0.2, 0.25) is 5.02 Å². The van der Waals surface area contributed by atoms with Crippen LogP contribution in [0, 0.1) is 0 Å². The molecule has 108 valence electrons. The van der Waals surface area contributed by atoms with Gasteiger partial charge in [0.15, 0.2) is 0 Å². The van der Waals surface area contributed by atoms with Gasteiger partial charge in [-0.15, -0.1) is 0 Å². The molecule has 0 fully saturated rings. The van der Waals surface area contributed by atoms with Crippen molar-refractivity contribution in [1.29, 1.82) is 0 Å². The van der Waals surface area contributed by atoms with E-state index >= 15 is 0 Å². The zero-order valence-corrected chi connectivity index (χ0v) is 11.9. The van der Waals surface area contributed by atoms with E-state index in [1.54, 1.807) is 30.3 Å². The molecule has 0 spiro atoms. The predicted molar refractivity (Wildman–Crippen MR) is 81.7 cm³/mol. The third-order valence-electron chi connectivity index (χ3n) is 2.64. The predicted octanol–water partition coefficient (Wildman–Crippen LogP) is 2.74. The maximum Gasteiger partial charge on any atom is 0.318 e. The first-order valence-electron chi connectivity index (χ1n) is 6.10. The Balaban J connectivity index is 2.05. The van der Waals surface area contributed by atoms with Crippen molar-refractivity contribution in [2.75, 3.05) is 17.7 Å². The van der Waals surface area contributed by atoms with Gasteiger partial charge >= 0.3 is 6.03 Å². The number of rotatable bonds is 3. The molecule has 2 rings (SSSR count). The van der Waals surface area contributed by atoms with Gasteiger partial charge in [-0.2, -0.15) is 0 Å². The Hall–Kier alpha value is -2.60. The minimum atomic E-state index is -0.347. The van der Waals surface area contributed by atoms with E-state index in [1.165, 1.54) is 19.4 Å². The number of hydrogen-bond acceptors (Lipinski definition) is 3. The lowest BCUT2D eigenvalue weighted by Gasteiger charge is -2.08. The van der Waals surface area contributed by atoms with Gasteiger partial charge in [0.25, 0.3) is 5.91 Å². The van der Waals surface area contributed by atoms with E-state index in [9.17, 15) is 9.59 Å². The van der Waals surface area contributed by atoms with E-state index in [2.05, 4.69) is 20.9 Å². The first kappa shape index (κ1) is 14.8. The molecule has 3 amide bonds. The lowest BCUT2D eigenvalue weighted by atomic mass is 10.2. The van der Waals surface area contributed by atoms with E-state index in [-0.39, 0.29) is 11.9 Å². The summed E-state index contributed by atoms with van der Waals surface area (Å²) in [6.45, 7) is 0. The second-order valence-electron chi connectivity index (χ2n) is 4.09. The summed E-state index contributed by atoms with van der Waals surface area (Å²) in [5.74, 6) is -0.347. The van der Waals surface area contributed by atoms with Crippen molar-refractivity contribution < 1.29 is 9.59 Å². The van der Waals surface area contributed by atoms with Gasteiger partial charge in [0.1, 0.15) is 0 Å². The van der Waals surface area contributed by atoms with Crippen molar-refractivity contribution >= 4 is 34.9 Å². The summed E-state index contributed by atoms with van der Waals surface area (Å²) < 4.78 is 0. The summed E-state index contributed by atoms with van der Waals surface area (Å²) in [5, 5.41) is 8.10. The van der Waals surface area contributed by atoms with Crippen LogP contribution in [0.5, 0.6) is 0 Å². The van der Waals surface area contributed by atoms with Crippen LogP contribution in [-0.4, -0.2) is 24.0 Å². The minimum absolute atomic E-state index is 0.298. The van der Waals surface area contributed by atoms with Gasteiger partial charge in [-0.3, -0.25) is 9.78 Å². The monoisotopic (exact) mass is 304 g/mol. The molecule has 0 unspecified atom stereocenters. The summed E-state index contributed by atoms with van der Waals surface area (Å²) in [7, 11) is 1.53. The quantitative estimate of drug-likeness (QED) is 0.815. The first-order chi connectivity index (χ1) is 10.1. The normalized spacial score (nSPS) is 9.81. The summed E-state index contributed by atoms with van der Waals surface area (Å²) in [5.41, 5.74) is 1.50. The van der Waals surface area contributed by atoms with E-state index in [1.807, 2.05) is 0 Å². The third kappa shape index (κ3) is 3.93. The zero-order valence-electron chi connectivity index (χ0n) is 11.2. The molecule has 0 aliphatic carbocycles. The standard InChI is InChI=1S/C14H13ClN4O2/c1-16-14(21)19-10-4-2-9(3-5-10)18-13(20)11-8-17-7-6-12(11)15/h2-8H,1H3,(H,18,20)(H2,16,19,21). The van der Waals surface area contributed by atoms with E-state index < -0.39 is 0 Å². The van der Waals surface area contributed by atoms with Crippen LogP contribution in [0.25, 0.3) is 0 Å². The Bertz CT molecular complexity index is 658. The smallest absolute Gasteiger partial charge is 0.318 e. The van der Waals surface area contributed by atoms with Crippen molar-refractivity contribution in [2.45, 2.75) is 0 Å². The van der Waals surface area contributed by atoms with Gasteiger partial charge in [0.2, 0.25) is 0 Å². The molecule has 0 atom stereocenters. The second-order valence-corrected chi connectivity index (χ2v) is 4.50. The molecule has 0 saturated heterocycles. The highest BCUT2D eigenvalue weighted by molar-refractivity contribution is 6.34. The Morgan fingerprint density at radius 3 is 2.24 bits per heavy atom. The molecule has 21 heavy (non-hydrogen) atoms. The fraction of sp³-hybridized carbons (Fsp3) is 0.0714. The highest BCUT2D eigenvalue weighted by atomic mass is 35.5. The second kappa shape index (κ2) is 6.71. The van der Waals surface area contributed by atoms with Gasteiger partial charge in [0, 0.05) is 30.8 Å². The van der Waals surface area contributed by atoms with Crippen molar-refractivity contribution in [3.05, 3.63) is 53.3 Å². The molecule has 7 heteroatoms. The fourth-order valence-corrected chi connectivity index (χ4v) is 1.76. The molecular formula is C14H13ClN4O2. The maximum atomic E-state index is 12.0. The molecular weight excluding hydrogens is 292 g/mol. The van der Waals surface area contributed by atoms with Crippen LogP contribution in [0.1, 0.15) is 10.4 Å². The van der Waals surface area contributed by atoms with Crippen molar-refractivity contribution in [2.24, 2.45) is 0 Å². The van der Waals surface area contributed by atoms with Gasteiger partial charge in [0.05, 0.1) is 10.6 Å². The minimum Gasteiger partial charge on any atom is -0.341 e. The lowest BCUT2D eigenvalue weighted by molar-refractivity contribution is 0.102. The summed E-state index contributed by atoms with van der Waals surface area (Å²) in [4.78, 5) is 27.0. The van der Waals surface area contributed by atoms with Gasteiger partial charge in [-0.1, -0.05) is 11.6 Å². The summed E-state index contributed by atoms with van der Waals surface area (Å²) in [6.07, 6.45) is 2.91. The number of hydrogen-bond donors (Lipinski definition) is 3. The molecule has 0 bridgehead atoms. The van der Waals surface area contributed by atoms with Crippen LogP contribution in [0.15, 0.2) is 42.7 Å². The van der Waals surface area contributed by atoms with Crippen LogP contribution >= 0.6 is 11.6 Å². The third-order valence-corrected chi connectivity index (χ3v) is 2.97. The van der Waals surface area contributed by atoms with Crippen LogP contribution in [0.3, 0.4) is 0 Å². The number of carbonyl (C=O) groups is 2. The molecule has 1 aromatic heterocycles. The SMILES string of the molecule is CNC(=O)Nc1ccc(NC(=O)c2cnccc2Cl)cc1. The largest absolute Gasteiger partial charge is 0.341 e. The molecule has 0 aliphatic heterocycles. The highest BCUT2D eigenvalue weighted by Gasteiger charge is 2.10. The molecule has 0 saturated carbocycles. The Labute approximate surface area is 126 Å². The molecule has 0 aliphatic rings. The van der Waals surface area contributed by atoms with Crippen molar-refractivity contribution in [1.82, 2.24) is 10.3 Å². The lowest BCUT2D eigenvalue weighted by Crippen LogP contribution is -2.24. The number of urea groups is 1. The molecule has 1 aromatic carbocycles. The molecule has 6 nitrogen and oxygen atoms in total. The molecule has 0 radical (unpaired) electrons. The number of halogens is 1. The summed E-state index contributed by atoms with van der Waals surface area (Å²) >= 11 is 5.93. The van der Waals surface area contributed by atoms with Crippen molar-refractivity contribution in [3.63, 3.8) is 0 Å². The maximum absolute atomic E-state index is 12.0. The number of pyridine rings is 1. The van der Waals surface area contributed by atoms with E-state index in [4.69, 9.17) is 11.6 Å². The zero-order chi connectivity index (χ0) is 15.2. The number of nitrogens with one attached hydrogen (secondary N) is 3. The Morgan fingerprint density at radius 2 is 1.67 bits per heavy atom. The fourth-order valence-electron chi connectivity index (χ4n) is 1.57. The summed E-state index contributed by atoms with van der Waals surface area (Å²) in [6, 6.07) is 7.94. The Morgan fingerprint density at radius 1 is 1.05 bits per heavy atom. The molecule has 1 heterocycles. The molecule has 3 N–H and O–H groups in total. The number of anilines is 2. The number of carbonyl (C=O) groups excluding carboxylic acids is 2.